The highest BCUT2D eigenvalue weighted by atomic mass is 32.2. The van der Waals surface area contributed by atoms with E-state index in [1.165, 1.54) is 10.4 Å². The summed E-state index contributed by atoms with van der Waals surface area (Å²) in [5, 5.41) is 9.29. The monoisotopic (exact) mass is 297 g/mol. The van der Waals surface area contributed by atoms with Crippen LogP contribution < -0.4 is 0 Å². The van der Waals surface area contributed by atoms with E-state index in [1.807, 2.05) is 27.7 Å². The molecular formula is C15H23NO3S. The third-order valence-electron chi connectivity index (χ3n) is 3.12. The Balaban J connectivity index is 3.37. The summed E-state index contributed by atoms with van der Waals surface area (Å²) < 4.78 is 26.9. The summed E-state index contributed by atoms with van der Waals surface area (Å²) in [6, 6.07) is 4.82. The second-order valence-corrected chi connectivity index (χ2v) is 7.60. The van der Waals surface area contributed by atoms with Gasteiger partial charge in [-0.1, -0.05) is 12.1 Å². The second-order valence-electron chi connectivity index (χ2n) is 5.74. The Morgan fingerprint density at radius 1 is 1.35 bits per heavy atom. The van der Waals surface area contributed by atoms with Crippen molar-refractivity contribution < 1.29 is 13.5 Å². The molecule has 0 radical (unpaired) electrons. The van der Waals surface area contributed by atoms with Crippen molar-refractivity contribution >= 4 is 10.0 Å². The fourth-order valence-corrected chi connectivity index (χ4v) is 3.76. The molecule has 112 valence electrons. The molecule has 0 aromatic heterocycles. The van der Waals surface area contributed by atoms with Gasteiger partial charge in [0, 0.05) is 12.1 Å². The first-order valence-electron chi connectivity index (χ1n) is 6.48. The summed E-state index contributed by atoms with van der Waals surface area (Å²) in [4.78, 5) is 0.198. The third-order valence-corrected chi connectivity index (χ3v) is 5.25. The van der Waals surface area contributed by atoms with Gasteiger partial charge >= 0.3 is 0 Å². The number of aliphatic hydroxyl groups excluding tert-OH is 1. The summed E-state index contributed by atoms with van der Waals surface area (Å²) in [6.07, 6.45) is 1.57. The molecule has 0 amide bonds. The number of nitrogens with zero attached hydrogens (tertiary/aromatic N) is 1. The Bertz CT molecular complexity index is 586. The minimum atomic E-state index is -3.62. The smallest absolute Gasteiger partial charge is 0.243 e. The van der Waals surface area contributed by atoms with E-state index in [0.29, 0.717) is 5.56 Å². The molecule has 0 saturated heterocycles. The van der Waals surface area contributed by atoms with Gasteiger partial charge in [0.2, 0.25) is 10.0 Å². The quantitative estimate of drug-likeness (QED) is 0.849. The molecule has 20 heavy (non-hydrogen) atoms. The van der Waals surface area contributed by atoms with E-state index < -0.39 is 15.6 Å². The van der Waals surface area contributed by atoms with Crippen LogP contribution in [0, 0.1) is 6.92 Å². The molecule has 1 aromatic rings. The van der Waals surface area contributed by atoms with Crippen LogP contribution in [-0.2, 0) is 16.6 Å². The Morgan fingerprint density at radius 3 is 2.40 bits per heavy atom. The standard InChI is InChI=1S/C15H23NO3S/c1-6-9-16(15(3,4)5)20(18,19)14-8-7-12(2)13(10-14)11-17/h6-8,10,17H,1,9,11H2,2-5H3. The number of aryl methyl sites for hydroxylation is 1. The highest BCUT2D eigenvalue weighted by Crippen LogP contribution is 2.25. The van der Waals surface area contributed by atoms with Gasteiger partial charge in [0.1, 0.15) is 0 Å². The maximum Gasteiger partial charge on any atom is 0.243 e. The molecule has 0 fully saturated rings. The van der Waals surface area contributed by atoms with Gasteiger partial charge in [0.15, 0.2) is 0 Å². The largest absolute Gasteiger partial charge is 0.392 e. The predicted molar refractivity (Wildman–Crippen MR) is 80.9 cm³/mol. The van der Waals surface area contributed by atoms with Gasteiger partial charge in [-0.05, 0) is 51.0 Å². The van der Waals surface area contributed by atoms with Gasteiger partial charge < -0.3 is 5.11 Å². The Hall–Kier alpha value is -1.17. The van der Waals surface area contributed by atoms with Crippen LogP contribution in [0.4, 0.5) is 0 Å². The molecule has 0 spiro atoms. The summed E-state index contributed by atoms with van der Waals surface area (Å²) >= 11 is 0. The minimum Gasteiger partial charge on any atom is -0.392 e. The molecule has 0 aliphatic heterocycles. The molecule has 0 unspecified atom stereocenters. The normalized spacial score (nSPS) is 12.7. The molecule has 0 aliphatic carbocycles. The number of sulfonamides is 1. The molecule has 4 nitrogen and oxygen atoms in total. The van der Waals surface area contributed by atoms with Gasteiger partial charge in [-0.3, -0.25) is 0 Å². The fraction of sp³-hybridized carbons (Fsp3) is 0.467. The lowest BCUT2D eigenvalue weighted by Crippen LogP contribution is -2.45. The van der Waals surface area contributed by atoms with Crippen molar-refractivity contribution in [2.24, 2.45) is 0 Å². The zero-order chi connectivity index (χ0) is 15.6. The molecule has 0 atom stereocenters. The van der Waals surface area contributed by atoms with Gasteiger partial charge in [0.05, 0.1) is 11.5 Å². The van der Waals surface area contributed by atoms with Crippen LogP contribution >= 0.6 is 0 Å². The van der Waals surface area contributed by atoms with Crippen LogP contribution in [0.3, 0.4) is 0 Å². The highest BCUT2D eigenvalue weighted by Gasteiger charge is 2.33. The summed E-state index contributed by atoms with van der Waals surface area (Å²) in [5.41, 5.74) is 0.952. The van der Waals surface area contributed by atoms with Crippen LogP contribution in [0.15, 0.2) is 35.7 Å². The highest BCUT2D eigenvalue weighted by molar-refractivity contribution is 7.89. The lowest BCUT2D eigenvalue weighted by molar-refractivity contribution is 0.269. The van der Waals surface area contributed by atoms with Crippen molar-refractivity contribution in [1.29, 1.82) is 0 Å². The van der Waals surface area contributed by atoms with Crippen LogP contribution in [0.25, 0.3) is 0 Å². The molecule has 1 rings (SSSR count). The molecule has 1 N–H and O–H groups in total. The number of hydrogen-bond acceptors (Lipinski definition) is 3. The average molecular weight is 297 g/mol. The summed E-state index contributed by atoms with van der Waals surface area (Å²) in [5.74, 6) is 0. The van der Waals surface area contributed by atoms with Crippen LogP contribution in [-0.4, -0.2) is 29.9 Å². The van der Waals surface area contributed by atoms with Crippen LogP contribution in [0.1, 0.15) is 31.9 Å². The summed E-state index contributed by atoms with van der Waals surface area (Å²) in [6.45, 7) is 11.1. The minimum absolute atomic E-state index is 0.174. The van der Waals surface area contributed by atoms with Crippen LogP contribution in [0.2, 0.25) is 0 Å². The van der Waals surface area contributed by atoms with E-state index in [0.717, 1.165) is 5.56 Å². The maximum atomic E-state index is 12.7. The number of benzene rings is 1. The topological polar surface area (TPSA) is 57.6 Å². The van der Waals surface area contributed by atoms with E-state index in [1.54, 1.807) is 18.2 Å². The molecule has 1 aromatic carbocycles. The first-order chi connectivity index (χ1) is 9.14. The molecule has 0 saturated carbocycles. The van der Waals surface area contributed by atoms with E-state index in [-0.39, 0.29) is 18.0 Å². The summed E-state index contributed by atoms with van der Waals surface area (Å²) in [7, 11) is -3.62. The van der Waals surface area contributed by atoms with E-state index >= 15 is 0 Å². The van der Waals surface area contributed by atoms with Crippen molar-refractivity contribution in [2.45, 2.75) is 44.7 Å². The number of aliphatic hydroxyl groups is 1. The third kappa shape index (κ3) is 3.48. The molecule has 0 aliphatic rings. The Morgan fingerprint density at radius 2 is 1.95 bits per heavy atom. The first kappa shape index (κ1) is 16.9. The van der Waals surface area contributed by atoms with E-state index in [2.05, 4.69) is 6.58 Å². The van der Waals surface area contributed by atoms with Gasteiger partial charge in [-0.25, -0.2) is 8.42 Å². The second kappa shape index (κ2) is 6.08. The van der Waals surface area contributed by atoms with Gasteiger partial charge in [-0.2, -0.15) is 4.31 Å². The predicted octanol–water partition coefficient (Wildman–Crippen LogP) is 2.46. The zero-order valence-electron chi connectivity index (χ0n) is 12.5. The fourth-order valence-electron chi connectivity index (χ4n) is 1.96. The van der Waals surface area contributed by atoms with Crippen molar-refractivity contribution in [3.63, 3.8) is 0 Å². The van der Waals surface area contributed by atoms with Crippen molar-refractivity contribution in [1.82, 2.24) is 4.31 Å². The molecule has 0 heterocycles. The van der Waals surface area contributed by atoms with Crippen molar-refractivity contribution in [3.05, 3.63) is 42.0 Å². The zero-order valence-corrected chi connectivity index (χ0v) is 13.4. The number of hydrogen-bond donors (Lipinski definition) is 1. The lowest BCUT2D eigenvalue weighted by Gasteiger charge is -2.33. The SMILES string of the molecule is C=CCN(C(C)(C)C)S(=O)(=O)c1ccc(C)c(CO)c1. The first-order valence-corrected chi connectivity index (χ1v) is 7.92. The van der Waals surface area contributed by atoms with E-state index in [9.17, 15) is 13.5 Å². The molecule has 0 bridgehead atoms. The van der Waals surface area contributed by atoms with Crippen LogP contribution in [0.5, 0.6) is 0 Å². The van der Waals surface area contributed by atoms with Crippen molar-refractivity contribution in [2.75, 3.05) is 6.54 Å². The molecule has 5 heteroatoms. The Labute approximate surface area is 121 Å². The Kier molecular flexibility index (Phi) is 5.13. The van der Waals surface area contributed by atoms with Crippen molar-refractivity contribution in [3.8, 4) is 0 Å². The molecular weight excluding hydrogens is 274 g/mol. The number of rotatable bonds is 5. The lowest BCUT2D eigenvalue weighted by atomic mass is 10.1. The average Bonchev–Trinajstić information content (AvgIpc) is 2.34. The van der Waals surface area contributed by atoms with Gasteiger partial charge in [0.25, 0.3) is 0 Å². The van der Waals surface area contributed by atoms with E-state index in [4.69, 9.17) is 0 Å². The maximum absolute atomic E-state index is 12.7. The van der Waals surface area contributed by atoms with Gasteiger partial charge in [-0.15, -0.1) is 6.58 Å².